The van der Waals surface area contributed by atoms with Crippen molar-refractivity contribution in [2.45, 2.75) is 39.7 Å². The van der Waals surface area contributed by atoms with Gasteiger partial charge in [-0.25, -0.2) is 0 Å². The molecule has 3 atom stereocenters. The molecule has 1 fully saturated rings. The van der Waals surface area contributed by atoms with E-state index in [1.54, 1.807) is 6.92 Å². The van der Waals surface area contributed by atoms with Gasteiger partial charge in [0, 0.05) is 11.8 Å². The lowest BCUT2D eigenvalue weighted by molar-refractivity contribution is -0.904. The predicted octanol–water partition coefficient (Wildman–Crippen LogP) is 0.864. The summed E-state index contributed by atoms with van der Waals surface area (Å²) >= 11 is 0. The van der Waals surface area contributed by atoms with Crippen molar-refractivity contribution in [3.63, 3.8) is 0 Å². The number of benzene rings is 1. The van der Waals surface area contributed by atoms with Crippen molar-refractivity contribution in [2.24, 2.45) is 11.8 Å². The van der Waals surface area contributed by atoms with Crippen LogP contribution < -0.4 is 10.2 Å². The highest BCUT2D eigenvalue weighted by molar-refractivity contribution is 5.88. The van der Waals surface area contributed by atoms with Gasteiger partial charge in [0.25, 0.3) is 5.91 Å². The first-order valence-corrected chi connectivity index (χ1v) is 8.61. The number of ketones is 1. The molecule has 0 saturated carbocycles. The minimum Gasteiger partial charge on any atom is -0.341 e. The first-order valence-electron chi connectivity index (χ1n) is 8.61. The van der Waals surface area contributed by atoms with E-state index >= 15 is 0 Å². The molecular formula is C19H29N2O2+. The highest BCUT2D eigenvalue weighted by Gasteiger charge is 2.27. The molecule has 0 radical (unpaired) electrons. The molecule has 0 aliphatic carbocycles. The fourth-order valence-electron chi connectivity index (χ4n) is 3.69. The number of quaternary nitrogens is 1. The van der Waals surface area contributed by atoms with Crippen LogP contribution in [0.3, 0.4) is 0 Å². The molecule has 1 saturated heterocycles. The zero-order chi connectivity index (χ0) is 16.8. The SMILES string of the molecule is CC(=O)[C@H](Cc1ccccc1)NC(=O)C[NH+]1C[C@H](C)C[C@@H](C)C1. The highest BCUT2D eigenvalue weighted by Crippen LogP contribution is 2.11. The first-order chi connectivity index (χ1) is 10.9. The Morgan fingerprint density at radius 1 is 1.17 bits per heavy atom. The molecule has 1 amide bonds. The van der Waals surface area contributed by atoms with Gasteiger partial charge in [-0.1, -0.05) is 44.2 Å². The normalized spacial score (nSPS) is 25.6. The third kappa shape index (κ3) is 5.79. The van der Waals surface area contributed by atoms with Gasteiger partial charge >= 0.3 is 0 Å². The Morgan fingerprint density at radius 2 is 1.78 bits per heavy atom. The van der Waals surface area contributed by atoms with Crippen molar-refractivity contribution in [3.05, 3.63) is 35.9 Å². The van der Waals surface area contributed by atoms with Crippen LogP contribution in [-0.2, 0) is 16.0 Å². The van der Waals surface area contributed by atoms with Crippen LogP contribution in [0.25, 0.3) is 0 Å². The van der Waals surface area contributed by atoms with E-state index in [9.17, 15) is 9.59 Å². The Labute approximate surface area is 139 Å². The smallest absolute Gasteiger partial charge is 0.275 e. The van der Waals surface area contributed by atoms with Gasteiger partial charge in [0.1, 0.15) is 0 Å². The first kappa shape index (κ1) is 17.7. The van der Waals surface area contributed by atoms with Gasteiger partial charge < -0.3 is 10.2 Å². The fourth-order valence-corrected chi connectivity index (χ4v) is 3.69. The van der Waals surface area contributed by atoms with Crippen LogP contribution in [0.4, 0.5) is 0 Å². The zero-order valence-electron chi connectivity index (χ0n) is 14.5. The number of hydrogen-bond acceptors (Lipinski definition) is 2. The molecule has 126 valence electrons. The van der Waals surface area contributed by atoms with Crippen molar-refractivity contribution in [1.29, 1.82) is 0 Å². The van der Waals surface area contributed by atoms with Crippen LogP contribution in [0.5, 0.6) is 0 Å². The number of carbonyl (C=O) groups is 2. The maximum atomic E-state index is 12.3. The maximum absolute atomic E-state index is 12.3. The third-order valence-corrected chi connectivity index (χ3v) is 4.60. The van der Waals surface area contributed by atoms with E-state index in [4.69, 9.17) is 0 Å². The highest BCUT2D eigenvalue weighted by atomic mass is 16.2. The molecule has 0 spiro atoms. The summed E-state index contributed by atoms with van der Waals surface area (Å²) in [5.74, 6) is 1.32. The summed E-state index contributed by atoms with van der Waals surface area (Å²) in [6, 6.07) is 9.41. The molecular weight excluding hydrogens is 288 g/mol. The minimum atomic E-state index is -0.427. The number of carbonyl (C=O) groups excluding carboxylic acids is 2. The molecule has 0 bridgehead atoms. The quantitative estimate of drug-likeness (QED) is 0.818. The number of likely N-dealkylation sites (tertiary alicyclic amines) is 1. The van der Waals surface area contributed by atoms with Gasteiger partial charge in [-0.2, -0.15) is 0 Å². The van der Waals surface area contributed by atoms with Gasteiger partial charge in [-0.15, -0.1) is 0 Å². The van der Waals surface area contributed by atoms with Gasteiger partial charge in [0.05, 0.1) is 19.1 Å². The molecule has 1 aliphatic rings. The Bertz CT molecular complexity index is 519. The molecule has 0 unspecified atom stereocenters. The topological polar surface area (TPSA) is 50.6 Å². The van der Waals surface area contributed by atoms with Gasteiger partial charge in [0.15, 0.2) is 12.3 Å². The Morgan fingerprint density at radius 3 is 2.35 bits per heavy atom. The van der Waals surface area contributed by atoms with Crippen LogP contribution >= 0.6 is 0 Å². The number of nitrogens with one attached hydrogen (secondary N) is 2. The molecule has 23 heavy (non-hydrogen) atoms. The number of piperidine rings is 1. The number of rotatable bonds is 6. The van der Waals surface area contributed by atoms with Crippen LogP contribution in [-0.4, -0.2) is 37.4 Å². The van der Waals surface area contributed by atoms with Crippen LogP contribution in [0.2, 0.25) is 0 Å². The lowest BCUT2D eigenvalue weighted by Gasteiger charge is -2.31. The largest absolute Gasteiger partial charge is 0.341 e. The van der Waals surface area contributed by atoms with Gasteiger partial charge in [0.2, 0.25) is 0 Å². The third-order valence-electron chi connectivity index (χ3n) is 4.60. The number of amides is 1. The summed E-state index contributed by atoms with van der Waals surface area (Å²) < 4.78 is 0. The van der Waals surface area contributed by atoms with Gasteiger partial charge in [-0.3, -0.25) is 9.59 Å². The van der Waals surface area contributed by atoms with E-state index in [0.717, 1.165) is 18.7 Å². The van der Waals surface area contributed by atoms with Crippen LogP contribution in [0.1, 0.15) is 32.8 Å². The maximum Gasteiger partial charge on any atom is 0.275 e. The number of hydrogen-bond donors (Lipinski definition) is 2. The van der Waals surface area contributed by atoms with E-state index in [0.29, 0.717) is 24.8 Å². The average molecular weight is 317 g/mol. The van der Waals surface area contributed by atoms with Crippen LogP contribution in [0.15, 0.2) is 30.3 Å². The molecule has 1 aliphatic heterocycles. The minimum absolute atomic E-state index is 0.0117. The Kier molecular flexibility index (Phi) is 6.34. The summed E-state index contributed by atoms with van der Waals surface area (Å²) in [4.78, 5) is 25.5. The molecule has 4 heteroatoms. The van der Waals surface area contributed by atoms with E-state index in [2.05, 4.69) is 19.2 Å². The molecule has 1 heterocycles. The van der Waals surface area contributed by atoms with E-state index < -0.39 is 6.04 Å². The summed E-state index contributed by atoms with van der Waals surface area (Å²) in [6.07, 6.45) is 1.80. The van der Waals surface area contributed by atoms with E-state index in [-0.39, 0.29) is 11.7 Å². The summed E-state index contributed by atoms with van der Waals surface area (Å²) in [5, 5.41) is 2.93. The summed E-state index contributed by atoms with van der Waals surface area (Å²) in [5.41, 5.74) is 1.07. The predicted molar refractivity (Wildman–Crippen MR) is 91.3 cm³/mol. The van der Waals surface area contributed by atoms with Crippen molar-refractivity contribution in [2.75, 3.05) is 19.6 Å². The molecule has 2 N–H and O–H groups in total. The second kappa shape index (κ2) is 8.25. The van der Waals surface area contributed by atoms with Crippen molar-refractivity contribution < 1.29 is 14.5 Å². The average Bonchev–Trinajstić information content (AvgIpc) is 2.46. The van der Waals surface area contributed by atoms with E-state index in [1.165, 1.54) is 11.3 Å². The summed E-state index contributed by atoms with van der Waals surface area (Å²) in [6.45, 7) is 8.60. The molecule has 1 aromatic carbocycles. The molecule has 1 aromatic rings. The second-order valence-corrected chi connectivity index (χ2v) is 7.20. The standard InChI is InChI=1S/C19H28N2O2/c1-14-9-15(2)12-21(11-14)13-19(23)20-18(16(3)22)10-17-7-5-4-6-8-17/h4-8,14-15,18H,9-13H2,1-3H3,(H,20,23)/p+1/t14-,15-,18+/m1/s1. The van der Waals surface area contributed by atoms with Crippen molar-refractivity contribution in [3.8, 4) is 0 Å². The fraction of sp³-hybridized carbons (Fsp3) is 0.579. The van der Waals surface area contributed by atoms with Crippen LogP contribution in [0, 0.1) is 11.8 Å². The monoisotopic (exact) mass is 317 g/mol. The Balaban J connectivity index is 1.89. The van der Waals surface area contributed by atoms with Crippen molar-refractivity contribution in [1.82, 2.24) is 5.32 Å². The van der Waals surface area contributed by atoms with Gasteiger partial charge in [-0.05, 0) is 25.3 Å². The molecule has 0 aromatic heterocycles. The van der Waals surface area contributed by atoms with E-state index in [1.807, 2.05) is 30.3 Å². The zero-order valence-corrected chi connectivity index (χ0v) is 14.5. The second-order valence-electron chi connectivity index (χ2n) is 7.20. The van der Waals surface area contributed by atoms with Crippen molar-refractivity contribution >= 4 is 11.7 Å². The number of Topliss-reactive ketones (excluding diaryl/α,β-unsaturated/α-hetero) is 1. The lowest BCUT2D eigenvalue weighted by Crippen LogP contribution is -3.15. The lowest BCUT2D eigenvalue weighted by atomic mass is 9.92. The molecule has 4 nitrogen and oxygen atoms in total. The Hall–Kier alpha value is -1.68. The summed E-state index contributed by atoms with van der Waals surface area (Å²) in [7, 11) is 0. The molecule has 2 rings (SSSR count).